The van der Waals surface area contributed by atoms with E-state index in [2.05, 4.69) is 27.5 Å². The maximum atomic E-state index is 12.9. The summed E-state index contributed by atoms with van der Waals surface area (Å²) in [6, 6.07) is 4.19. The van der Waals surface area contributed by atoms with Crippen molar-refractivity contribution in [2.24, 2.45) is 0 Å². The third-order valence-corrected chi connectivity index (χ3v) is 5.70. The van der Waals surface area contributed by atoms with Crippen molar-refractivity contribution in [3.05, 3.63) is 21.3 Å². The fourth-order valence-electron chi connectivity index (χ4n) is 3.52. The average Bonchev–Trinajstić information content (AvgIpc) is 3.24. The van der Waals surface area contributed by atoms with Crippen molar-refractivity contribution in [2.45, 2.75) is 25.3 Å². The second kappa shape index (κ2) is 7.25. The first-order valence-electron chi connectivity index (χ1n) is 8.09. The molecule has 0 bridgehead atoms. The monoisotopic (exact) mass is 430 g/mol. The van der Waals surface area contributed by atoms with Gasteiger partial charge in [0, 0.05) is 22.7 Å². The number of carbonyl (C=O) groups excluding carboxylic acids is 1. The summed E-state index contributed by atoms with van der Waals surface area (Å²) in [5.74, 6) is 1.36. The van der Waals surface area contributed by atoms with Crippen molar-refractivity contribution >= 4 is 28.5 Å². The van der Waals surface area contributed by atoms with Crippen LogP contribution in [0.15, 0.2) is 12.1 Å². The van der Waals surface area contributed by atoms with Crippen LogP contribution in [0.4, 0.5) is 0 Å². The third kappa shape index (κ3) is 3.42. The molecule has 0 spiro atoms. The summed E-state index contributed by atoms with van der Waals surface area (Å²) in [7, 11) is 3.20. The van der Waals surface area contributed by atoms with Gasteiger partial charge in [-0.15, -0.1) is 0 Å². The molecular weight excluding hydrogens is 407 g/mol. The largest absolute Gasteiger partial charge is 0.493 e. The molecule has 3 rings (SSSR count). The molecular formula is C17H23IN2O3. The minimum atomic E-state index is 0.0945. The summed E-state index contributed by atoms with van der Waals surface area (Å²) in [4.78, 5) is 17.4. The lowest BCUT2D eigenvalue weighted by Crippen LogP contribution is -2.37. The van der Waals surface area contributed by atoms with Crippen molar-refractivity contribution in [1.82, 2.24) is 9.80 Å². The first-order chi connectivity index (χ1) is 11.1. The standard InChI is InChI=1S/C17H23IN2O3/c1-22-15-9-13(14(18)10-16(15)23-2)17(21)20-8-5-12(11-20)19-6-3-4-7-19/h9-10,12H,3-8,11H2,1-2H3. The number of nitrogens with zero attached hydrogens (tertiary/aromatic N) is 2. The normalized spacial score (nSPS) is 21.7. The molecule has 2 saturated heterocycles. The van der Waals surface area contributed by atoms with Gasteiger partial charge in [0.1, 0.15) is 0 Å². The summed E-state index contributed by atoms with van der Waals surface area (Å²) in [5, 5.41) is 0. The molecule has 6 heteroatoms. The van der Waals surface area contributed by atoms with Gasteiger partial charge in [-0.1, -0.05) is 0 Å². The van der Waals surface area contributed by atoms with Crippen molar-refractivity contribution in [2.75, 3.05) is 40.4 Å². The Kier molecular flexibility index (Phi) is 5.31. The highest BCUT2D eigenvalue weighted by Crippen LogP contribution is 2.32. The van der Waals surface area contributed by atoms with Gasteiger partial charge in [-0.25, -0.2) is 0 Å². The molecule has 1 aromatic carbocycles. The number of methoxy groups -OCH3 is 2. The van der Waals surface area contributed by atoms with Crippen LogP contribution in [-0.4, -0.2) is 62.1 Å². The van der Waals surface area contributed by atoms with Crippen LogP contribution in [0, 0.1) is 3.57 Å². The minimum Gasteiger partial charge on any atom is -0.493 e. The number of rotatable bonds is 4. The van der Waals surface area contributed by atoms with E-state index in [1.807, 2.05) is 11.0 Å². The Morgan fingerprint density at radius 3 is 2.43 bits per heavy atom. The molecule has 2 fully saturated rings. The van der Waals surface area contributed by atoms with Crippen molar-refractivity contribution in [3.63, 3.8) is 0 Å². The number of ether oxygens (including phenoxy) is 2. The highest BCUT2D eigenvalue weighted by atomic mass is 127. The zero-order valence-corrected chi connectivity index (χ0v) is 15.8. The van der Waals surface area contributed by atoms with Crippen molar-refractivity contribution < 1.29 is 14.3 Å². The second-order valence-electron chi connectivity index (χ2n) is 6.12. The van der Waals surface area contributed by atoms with Crippen molar-refractivity contribution in [3.8, 4) is 11.5 Å². The molecule has 1 unspecified atom stereocenters. The molecule has 23 heavy (non-hydrogen) atoms. The number of hydrogen-bond donors (Lipinski definition) is 0. The van der Waals surface area contributed by atoms with Crippen LogP contribution in [-0.2, 0) is 0 Å². The number of halogens is 1. The Balaban J connectivity index is 1.75. The molecule has 2 heterocycles. The number of likely N-dealkylation sites (tertiary alicyclic amines) is 2. The molecule has 0 aliphatic carbocycles. The average molecular weight is 430 g/mol. The number of carbonyl (C=O) groups is 1. The summed E-state index contributed by atoms with van der Waals surface area (Å²) < 4.78 is 11.5. The van der Waals surface area contributed by atoms with Gasteiger partial charge in [0.25, 0.3) is 5.91 Å². The fourth-order valence-corrected chi connectivity index (χ4v) is 4.19. The van der Waals surface area contributed by atoms with E-state index >= 15 is 0 Å². The first kappa shape index (κ1) is 16.8. The molecule has 1 atom stereocenters. The van der Waals surface area contributed by atoms with Gasteiger partial charge in [-0.05, 0) is 67.1 Å². The predicted molar refractivity (Wildman–Crippen MR) is 97.4 cm³/mol. The van der Waals surface area contributed by atoms with Crippen LogP contribution in [0.5, 0.6) is 11.5 Å². The molecule has 2 aliphatic heterocycles. The molecule has 0 radical (unpaired) electrons. The van der Waals surface area contributed by atoms with Crippen molar-refractivity contribution in [1.29, 1.82) is 0 Å². The molecule has 1 amide bonds. The lowest BCUT2D eigenvalue weighted by Gasteiger charge is -2.24. The quantitative estimate of drug-likeness (QED) is 0.689. The third-order valence-electron chi connectivity index (χ3n) is 4.81. The predicted octanol–water partition coefficient (Wildman–Crippen LogP) is 2.62. The van der Waals surface area contributed by atoms with Gasteiger partial charge in [-0.2, -0.15) is 0 Å². The van der Waals surface area contributed by atoms with Gasteiger partial charge in [0.2, 0.25) is 0 Å². The Morgan fingerprint density at radius 2 is 1.78 bits per heavy atom. The van der Waals surface area contributed by atoms with E-state index in [0.717, 1.165) is 23.1 Å². The van der Waals surface area contributed by atoms with Gasteiger partial charge in [0.15, 0.2) is 11.5 Å². The Morgan fingerprint density at radius 1 is 1.13 bits per heavy atom. The van der Waals surface area contributed by atoms with E-state index in [1.54, 1.807) is 20.3 Å². The minimum absolute atomic E-state index is 0.0945. The lowest BCUT2D eigenvalue weighted by molar-refractivity contribution is 0.0778. The highest BCUT2D eigenvalue weighted by Gasteiger charge is 2.32. The van der Waals surface area contributed by atoms with Gasteiger partial charge in [-0.3, -0.25) is 9.69 Å². The maximum Gasteiger partial charge on any atom is 0.255 e. The van der Waals surface area contributed by atoms with Crippen LogP contribution in [0.1, 0.15) is 29.6 Å². The SMILES string of the molecule is COc1cc(I)c(C(=O)N2CCC(N3CCCC3)C2)cc1OC. The van der Waals surface area contributed by atoms with E-state index < -0.39 is 0 Å². The van der Waals surface area contributed by atoms with Gasteiger partial charge < -0.3 is 14.4 Å². The van der Waals surface area contributed by atoms with Crippen LogP contribution in [0.25, 0.3) is 0 Å². The molecule has 1 aromatic rings. The zero-order chi connectivity index (χ0) is 16.4. The maximum absolute atomic E-state index is 12.9. The number of hydrogen-bond acceptors (Lipinski definition) is 4. The highest BCUT2D eigenvalue weighted by molar-refractivity contribution is 14.1. The topological polar surface area (TPSA) is 42.0 Å². The smallest absolute Gasteiger partial charge is 0.255 e. The van der Waals surface area contributed by atoms with E-state index in [-0.39, 0.29) is 5.91 Å². The molecule has 0 aromatic heterocycles. The van der Waals surface area contributed by atoms with Gasteiger partial charge in [0.05, 0.1) is 19.8 Å². The summed E-state index contributed by atoms with van der Waals surface area (Å²) in [6.45, 7) is 4.04. The second-order valence-corrected chi connectivity index (χ2v) is 7.29. The van der Waals surface area contributed by atoms with E-state index in [1.165, 1.54) is 25.9 Å². The molecule has 0 N–H and O–H groups in total. The number of benzene rings is 1. The Labute approximate surface area is 151 Å². The molecule has 5 nitrogen and oxygen atoms in total. The summed E-state index contributed by atoms with van der Waals surface area (Å²) in [6.07, 6.45) is 3.66. The van der Waals surface area contributed by atoms with E-state index in [4.69, 9.17) is 9.47 Å². The van der Waals surface area contributed by atoms with E-state index in [0.29, 0.717) is 23.1 Å². The summed E-state index contributed by atoms with van der Waals surface area (Å²) >= 11 is 2.19. The number of amides is 1. The lowest BCUT2D eigenvalue weighted by atomic mass is 10.1. The molecule has 0 saturated carbocycles. The first-order valence-corrected chi connectivity index (χ1v) is 9.16. The van der Waals surface area contributed by atoms with Crippen LogP contribution < -0.4 is 9.47 Å². The van der Waals surface area contributed by atoms with Crippen LogP contribution in [0.3, 0.4) is 0 Å². The zero-order valence-electron chi connectivity index (χ0n) is 13.7. The van der Waals surface area contributed by atoms with Crippen LogP contribution >= 0.6 is 22.6 Å². The molecule has 126 valence electrons. The van der Waals surface area contributed by atoms with Crippen LogP contribution in [0.2, 0.25) is 0 Å². The Hall–Kier alpha value is -1.02. The Bertz CT molecular complexity index is 587. The van der Waals surface area contributed by atoms with E-state index in [9.17, 15) is 4.79 Å². The summed E-state index contributed by atoms with van der Waals surface area (Å²) in [5.41, 5.74) is 0.699. The molecule has 2 aliphatic rings. The fraction of sp³-hybridized carbons (Fsp3) is 0.588. The van der Waals surface area contributed by atoms with Gasteiger partial charge >= 0.3 is 0 Å².